The molecular weight excluding hydrogens is 282 g/mol. The Kier molecular flexibility index (Phi) is 2.84. The highest BCUT2D eigenvalue weighted by atomic mass is 79.9. The summed E-state index contributed by atoms with van der Waals surface area (Å²) in [4.78, 5) is 0. The zero-order chi connectivity index (χ0) is 11.8. The Hall–Kier alpha value is -1.00. The van der Waals surface area contributed by atoms with Crippen molar-refractivity contribution < 1.29 is 9.84 Å². The minimum absolute atomic E-state index is 0.137. The van der Waals surface area contributed by atoms with Crippen LogP contribution in [0.15, 0.2) is 28.9 Å². The third kappa shape index (κ3) is 1.96. The number of ether oxygens (including phenoxy) is 1. The van der Waals surface area contributed by atoms with Gasteiger partial charge in [-0.05, 0) is 53.4 Å². The smallest absolute Gasteiger partial charge is 0.133 e. The molecule has 1 atom stereocenters. The SMILES string of the molecule is Oc1cc2ccn(C3CCCCO3)c2cc1Br. The maximum absolute atomic E-state index is 9.65. The molecule has 0 spiro atoms. The average Bonchev–Trinajstić information content (AvgIpc) is 2.74. The van der Waals surface area contributed by atoms with Crippen LogP contribution in [-0.4, -0.2) is 16.3 Å². The Labute approximate surface area is 108 Å². The van der Waals surface area contributed by atoms with Crippen LogP contribution >= 0.6 is 15.9 Å². The largest absolute Gasteiger partial charge is 0.507 e. The van der Waals surface area contributed by atoms with Crippen LogP contribution in [0.2, 0.25) is 0 Å². The third-order valence-corrected chi connectivity index (χ3v) is 3.89. The molecule has 1 aromatic heterocycles. The minimum atomic E-state index is 0.137. The number of benzene rings is 1. The summed E-state index contributed by atoms with van der Waals surface area (Å²) in [5, 5.41) is 10.7. The second-order valence-electron chi connectivity index (χ2n) is 4.41. The molecule has 4 heteroatoms. The Morgan fingerprint density at radius 2 is 2.24 bits per heavy atom. The zero-order valence-electron chi connectivity index (χ0n) is 9.40. The number of hydrogen-bond acceptors (Lipinski definition) is 2. The molecule has 0 radical (unpaired) electrons. The molecule has 1 N–H and O–H groups in total. The normalized spacial score (nSPS) is 20.9. The molecule has 0 aliphatic carbocycles. The Bertz CT molecular complexity index is 544. The van der Waals surface area contributed by atoms with Gasteiger partial charge < -0.3 is 14.4 Å². The fourth-order valence-corrected chi connectivity index (χ4v) is 2.69. The van der Waals surface area contributed by atoms with Gasteiger partial charge in [-0.3, -0.25) is 0 Å². The van der Waals surface area contributed by atoms with Crippen LogP contribution in [-0.2, 0) is 4.74 Å². The second-order valence-corrected chi connectivity index (χ2v) is 5.26. The quantitative estimate of drug-likeness (QED) is 0.868. The van der Waals surface area contributed by atoms with Crippen molar-refractivity contribution in [3.05, 3.63) is 28.9 Å². The summed E-state index contributed by atoms with van der Waals surface area (Å²) < 4.78 is 8.66. The van der Waals surface area contributed by atoms with E-state index >= 15 is 0 Å². The summed E-state index contributed by atoms with van der Waals surface area (Å²) in [7, 11) is 0. The predicted octanol–water partition coefficient (Wildman–Crippen LogP) is 3.81. The number of phenolic OH excluding ortho intramolecular Hbond substituents is 1. The first-order valence-corrected chi connectivity index (χ1v) is 6.65. The number of aromatic nitrogens is 1. The van der Waals surface area contributed by atoms with Crippen molar-refractivity contribution in [1.82, 2.24) is 4.57 Å². The Morgan fingerprint density at radius 1 is 1.35 bits per heavy atom. The molecule has 90 valence electrons. The van der Waals surface area contributed by atoms with E-state index in [0.29, 0.717) is 0 Å². The molecule has 1 unspecified atom stereocenters. The van der Waals surface area contributed by atoms with Crippen molar-refractivity contribution in [3.63, 3.8) is 0 Å². The van der Waals surface area contributed by atoms with Gasteiger partial charge in [-0.2, -0.15) is 0 Å². The molecule has 0 bridgehead atoms. The van der Waals surface area contributed by atoms with E-state index in [2.05, 4.69) is 20.5 Å². The molecular formula is C13H14BrNO2. The van der Waals surface area contributed by atoms with Gasteiger partial charge in [0.15, 0.2) is 0 Å². The number of phenols is 1. The van der Waals surface area contributed by atoms with Crippen molar-refractivity contribution >= 4 is 26.8 Å². The first-order valence-electron chi connectivity index (χ1n) is 5.86. The average molecular weight is 296 g/mol. The predicted molar refractivity (Wildman–Crippen MR) is 70.1 cm³/mol. The van der Waals surface area contributed by atoms with E-state index in [1.165, 1.54) is 6.42 Å². The van der Waals surface area contributed by atoms with E-state index in [1.807, 2.05) is 18.3 Å². The van der Waals surface area contributed by atoms with Crippen molar-refractivity contribution in [2.24, 2.45) is 0 Å². The van der Waals surface area contributed by atoms with Gasteiger partial charge in [-0.15, -0.1) is 0 Å². The van der Waals surface area contributed by atoms with Crippen molar-refractivity contribution in [1.29, 1.82) is 0 Å². The summed E-state index contributed by atoms with van der Waals surface area (Å²) in [5.74, 6) is 0.278. The first kappa shape index (κ1) is 11.1. The van der Waals surface area contributed by atoms with Crippen LogP contribution in [0.4, 0.5) is 0 Å². The lowest BCUT2D eigenvalue weighted by Crippen LogP contribution is -2.17. The lowest BCUT2D eigenvalue weighted by atomic mass is 10.2. The van der Waals surface area contributed by atoms with Crippen LogP contribution in [0.5, 0.6) is 5.75 Å². The Balaban J connectivity index is 2.07. The summed E-state index contributed by atoms with van der Waals surface area (Å²) in [6.45, 7) is 0.837. The van der Waals surface area contributed by atoms with E-state index < -0.39 is 0 Å². The lowest BCUT2D eigenvalue weighted by Gasteiger charge is -2.24. The highest BCUT2D eigenvalue weighted by Crippen LogP contribution is 2.33. The molecule has 2 aromatic rings. The van der Waals surface area contributed by atoms with Crippen molar-refractivity contribution in [2.45, 2.75) is 25.5 Å². The summed E-state index contributed by atoms with van der Waals surface area (Å²) in [6, 6.07) is 5.74. The van der Waals surface area contributed by atoms with Crippen molar-refractivity contribution in [3.8, 4) is 5.75 Å². The van der Waals surface area contributed by atoms with Crippen LogP contribution in [0.25, 0.3) is 10.9 Å². The number of aromatic hydroxyl groups is 1. The standard InChI is InChI=1S/C13H14BrNO2/c14-10-8-11-9(7-12(10)16)4-5-15(11)13-3-1-2-6-17-13/h4-5,7-8,13,16H,1-3,6H2. The fourth-order valence-electron chi connectivity index (χ4n) is 2.36. The van der Waals surface area contributed by atoms with Gasteiger partial charge in [-0.1, -0.05) is 0 Å². The van der Waals surface area contributed by atoms with Gasteiger partial charge in [0.2, 0.25) is 0 Å². The molecule has 2 heterocycles. The molecule has 1 fully saturated rings. The number of fused-ring (bicyclic) bond motifs is 1. The lowest BCUT2D eigenvalue weighted by molar-refractivity contribution is -0.0291. The highest BCUT2D eigenvalue weighted by molar-refractivity contribution is 9.10. The number of rotatable bonds is 1. The molecule has 1 aliphatic rings. The summed E-state index contributed by atoms with van der Waals surface area (Å²) >= 11 is 3.36. The second kappa shape index (κ2) is 4.35. The monoisotopic (exact) mass is 295 g/mol. The van der Waals surface area contributed by atoms with Crippen LogP contribution in [0, 0.1) is 0 Å². The molecule has 0 saturated carbocycles. The van der Waals surface area contributed by atoms with E-state index in [4.69, 9.17) is 4.74 Å². The summed E-state index contributed by atoms with van der Waals surface area (Å²) in [5.41, 5.74) is 1.10. The number of hydrogen-bond donors (Lipinski definition) is 1. The minimum Gasteiger partial charge on any atom is -0.507 e. The third-order valence-electron chi connectivity index (χ3n) is 3.25. The molecule has 1 aromatic carbocycles. The van der Waals surface area contributed by atoms with Crippen LogP contribution in [0.1, 0.15) is 25.5 Å². The summed E-state index contributed by atoms with van der Waals surface area (Å²) in [6.07, 6.45) is 5.59. The number of halogens is 1. The van der Waals surface area contributed by atoms with Gasteiger partial charge >= 0.3 is 0 Å². The first-order chi connectivity index (χ1) is 8.25. The van der Waals surface area contributed by atoms with Gasteiger partial charge in [0.05, 0.1) is 9.99 Å². The fraction of sp³-hybridized carbons (Fsp3) is 0.385. The van der Waals surface area contributed by atoms with Gasteiger partial charge in [0.1, 0.15) is 12.0 Å². The Morgan fingerprint density at radius 3 is 3.00 bits per heavy atom. The maximum Gasteiger partial charge on any atom is 0.133 e. The van der Waals surface area contributed by atoms with Crippen LogP contribution in [0.3, 0.4) is 0 Å². The molecule has 1 aliphatic heterocycles. The van der Waals surface area contributed by atoms with E-state index in [1.54, 1.807) is 6.07 Å². The molecule has 0 amide bonds. The van der Waals surface area contributed by atoms with Gasteiger partial charge in [-0.25, -0.2) is 0 Å². The maximum atomic E-state index is 9.65. The topological polar surface area (TPSA) is 34.4 Å². The molecule has 3 rings (SSSR count). The molecule has 3 nitrogen and oxygen atoms in total. The zero-order valence-corrected chi connectivity index (χ0v) is 11.0. The van der Waals surface area contributed by atoms with Crippen molar-refractivity contribution in [2.75, 3.05) is 6.61 Å². The molecule has 1 saturated heterocycles. The van der Waals surface area contributed by atoms with E-state index in [0.717, 1.165) is 34.8 Å². The van der Waals surface area contributed by atoms with Gasteiger partial charge in [0, 0.05) is 18.2 Å². The van der Waals surface area contributed by atoms with E-state index in [-0.39, 0.29) is 12.0 Å². The van der Waals surface area contributed by atoms with Gasteiger partial charge in [0.25, 0.3) is 0 Å². The highest BCUT2D eigenvalue weighted by Gasteiger charge is 2.17. The molecule has 17 heavy (non-hydrogen) atoms. The van der Waals surface area contributed by atoms with Crippen LogP contribution < -0.4 is 0 Å². The number of nitrogens with zero attached hydrogens (tertiary/aromatic N) is 1. The van der Waals surface area contributed by atoms with E-state index in [9.17, 15) is 5.11 Å².